The van der Waals surface area contributed by atoms with Gasteiger partial charge in [0.25, 0.3) is 5.91 Å². The SMILES string of the molecule is N#Cc1ccc(CONC(=O)c2ccccc2NCc2ccc3c(c2)CCO3)cc1. The van der Waals surface area contributed by atoms with Gasteiger partial charge in [-0.3, -0.25) is 9.63 Å². The summed E-state index contributed by atoms with van der Waals surface area (Å²) in [6.07, 6.45) is 0.929. The van der Waals surface area contributed by atoms with E-state index in [1.807, 2.05) is 30.3 Å². The molecule has 0 aliphatic carbocycles. The maximum Gasteiger partial charge on any atom is 0.276 e. The largest absolute Gasteiger partial charge is 0.493 e. The number of fused-ring (bicyclic) bond motifs is 1. The predicted octanol–water partition coefficient (Wildman–Crippen LogP) is 3.97. The molecule has 3 aromatic rings. The number of ether oxygens (including phenoxy) is 1. The van der Waals surface area contributed by atoms with Crippen LogP contribution in [0.1, 0.15) is 32.6 Å². The monoisotopic (exact) mass is 399 g/mol. The first-order valence-electron chi connectivity index (χ1n) is 9.71. The van der Waals surface area contributed by atoms with Crippen molar-refractivity contribution < 1.29 is 14.4 Å². The van der Waals surface area contributed by atoms with Gasteiger partial charge in [-0.15, -0.1) is 0 Å². The van der Waals surface area contributed by atoms with E-state index in [-0.39, 0.29) is 12.5 Å². The summed E-state index contributed by atoms with van der Waals surface area (Å²) >= 11 is 0. The molecule has 30 heavy (non-hydrogen) atoms. The fourth-order valence-electron chi connectivity index (χ4n) is 3.30. The zero-order chi connectivity index (χ0) is 20.8. The number of hydrogen-bond donors (Lipinski definition) is 2. The first-order chi connectivity index (χ1) is 14.7. The van der Waals surface area contributed by atoms with Crippen LogP contribution in [0, 0.1) is 11.3 Å². The van der Waals surface area contributed by atoms with Crippen LogP contribution in [-0.2, 0) is 24.4 Å². The minimum atomic E-state index is -0.325. The van der Waals surface area contributed by atoms with Gasteiger partial charge in [0.2, 0.25) is 0 Å². The van der Waals surface area contributed by atoms with Crippen LogP contribution in [0.15, 0.2) is 66.7 Å². The van der Waals surface area contributed by atoms with Crippen molar-refractivity contribution in [2.75, 3.05) is 11.9 Å². The van der Waals surface area contributed by atoms with Crippen molar-refractivity contribution in [3.05, 3.63) is 94.5 Å². The quantitative estimate of drug-likeness (QED) is 0.588. The molecular weight excluding hydrogens is 378 g/mol. The Morgan fingerprint density at radius 3 is 2.70 bits per heavy atom. The van der Waals surface area contributed by atoms with E-state index in [4.69, 9.17) is 14.8 Å². The number of para-hydroxylation sites is 1. The number of amides is 1. The van der Waals surface area contributed by atoms with E-state index in [1.54, 1.807) is 30.3 Å². The van der Waals surface area contributed by atoms with Crippen molar-refractivity contribution in [2.45, 2.75) is 19.6 Å². The summed E-state index contributed by atoms with van der Waals surface area (Å²) in [5, 5.41) is 12.2. The number of nitriles is 1. The van der Waals surface area contributed by atoms with Gasteiger partial charge < -0.3 is 10.1 Å². The minimum absolute atomic E-state index is 0.213. The van der Waals surface area contributed by atoms with Gasteiger partial charge in [-0.25, -0.2) is 5.48 Å². The molecule has 1 amide bonds. The maximum atomic E-state index is 12.6. The lowest BCUT2D eigenvalue weighted by molar-refractivity contribution is 0.0234. The van der Waals surface area contributed by atoms with Crippen molar-refractivity contribution in [2.24, 2.45) is 0 Å². The highest BCUT2D eigenvalue weighted by Gasteiger charge is 2.13. The van der Waals surface area contributed by atoms with Gasteiger partial charge in [0.05, 0.1) is 30.4 Å². The van der Waals surface area contributed by atoms with Crippen LogP contribution < -0.4 is 15.5 Å². The molecule has 0 saturated heterocycles. The average Bonchev–Trinajstić information content (AvgIpc) is 3.26. The number of nitrogens with one attached hydrogen (secondary N) is 2. The Kier molecular flexibility index (Phi) is 5.93. The number of carbonyl (C=O) groups is 1. The second-order valence-electron chi connectivity index (χ2n) is 6.97. The van der Waals surface area contributed by atoms with E-state index < -0.39 is 0 Å². The molecule has 1 aliphatic rings. The first-order valence-corrected chi connectivity index (χ1v) is 9.71. The fraction of sp³-hybridized carbons (Fsp3) is 0.167. The van der Waals surface area contributed by atoms with Crippen molar-refractivity contribution in [3.8, 4) is 11.8 Å². The highest BCUT2D eigenvalue weighted by Crippen LogP contribution is 2.26. The molecule has 0 bridgehead atoms. The molecule has 6 nitrogen and oxygen atoms in total. The van der Waals surface area contributed by atoms with E-state index in [2.05, 4.69) is 22.9 Å². The molecule has 2 N–H and O–H groups in total. The molecule has 3 aromatic carbocycles. The van der Waals surface area contributed by atoms with E-state index in [1.165, 1.54) is 5.56 Å². The van der Waals surface area contributed by atoms with E-state index in [0.717, 1.165) is 35.6 Å². The van der Waals surface area contributed by atoms with Crippen LogP contribution in [0.4, 0.5) is 5.69 Å². The van der Waals surface area contributed by atoms with Crippen LogP contribution in [0.2, 0.25) is 0 Å². The lowest BCUT2D eigenvalue weighted by atomic mass is 10.1. The molecule has 1 aliphatic heterocycles. The van der Waals surface area contributed by atoms with Gasteiger partial charge in [0.15, 0.2) is 0 Å². The van der Waals surface area contributed by atoms with Crippen molar-refractivity contribution in [1.29, 1.82) is 5.26 Å². The highest BCUT2D eigenvalue weighted by atomic mass is 16.6. The first kappa shape index (κ1) is 19.5. The smallest absolute Gasteiger partial charge is 0.276 e. The lowest BCUT2D eigenvalue weighted by Crippen LogP contribution is -2.24. The summed E-state index contributed by atoms with van der Waals surface area (Å²) in [5.41, 5.74) is 7.51. The minimum Gasteiger partial charge on any atom is -0.493 e. The summed E-state index contributed by atoms with van der Waals surface area (Å²) in [4.78, 5) is 17.9. The molecule has 0 unspecified atom stereocenters. The molecule has 0 radical (unpaired) electrons. The molecule has 4 rings (SSSR count). The van der Waals surface area contributed by atoms with Crippen LogP contribution in [0.5, 0.6) is 5.75 Å². The highest BCUT2D eigenvalue weighted by molar-refractivity contribution is 5.99. The second kappa shape index (κ2) is 9.12. The third-order valence-electron chi connectivity index (χ3n) is 4.90. The third kappa shape index (κ3) is 4.59. The van der Waals surface area contributed by atoms with Crippen LogP contribution in [0.25, 0.3) is 0 Å². The summed E-state index contributed by atoms with van der Waals surface area (Å²) in [5.74, 6) is 0.632. The Hall–Kier alpha value is -3.82. The van der Waals surface area contributed by atoms with Crippen molar-refractivity contribution in [1.82, 2.24) is 5.48 Å². The Balaban J connectivity index is 1.35. The number of hydrogen-bond acceptors (Lipinski definition) is 5. The zero-order valence-electron chi connectivity index (χ0n) is 16.4. The van der Waals surface area contributed by atoms with Crippen LogP contribution in [-0.4, -0.2) is 12.5 Å². The van der Waals surface area contributed by atoms with Gasteiger partial charge in [-0.2, -0.15) is 5.26 Å². The zero-order valence-corrected chi connectivity index (χ0v) is 16.4. The number of carbonyl (C=O) groups excluding carboxylic acids is 1. The molecule has 0 fully saturated rings. The van der Waals surface area contributed by atoms with E-state index >= 15 is 0 Å². The number of rotatable bonds is 7. The van der Waals surface area contributed by atoms with Crippen LogP contribution >= 0.6 is 0 Å². The molecular formula is C24H21N3O3. The average molecular weight is 399 g/mol. The second-order valence-corrected chi connectivity index (χ2v) is 6.97. The summed E-state index contributed by atoms with van der Waals surface area (Å²) in [6.45, 7) is 1.55. The molecule has 0 saturated carbocycles. The number of anilines is 1. The normalized spacial score (nSPS) is 11.8. The van der Waals surface area contributed by atoms with Gasteiger partial charge >= 0.3 is 0 Å². The number of nitrogens with zero attached hydrogens (tertiary/aromatic N) is 1. The Labute approximate surface area is 175 Å². The molecule has 0 aromatic heterocycles. The summed E-state index contributed by atoms with van der Waals surface area (Å²) in [7, 11) is 0. The molecule has 0 spiro atoms. The Morgan fingerprint density at radius 1 is 1.07 bits per heavy atom. The summed E-state index contributed by atoms with van der Waals surface area (Å²) < 4.78 is 5.55. The Morgan fingerprint density at radius 2 is 1.87 bits per heavy atom. The molecule has 6 heteroatoms. The van der Waals surface area contributed by atoms with Gasteiger partial charge in [0.1, 0.15) is 5.75 Å². The number of benzene rings is 3. The Bertz CT molecular complexity index is 1090. The predicted molar refractivity (Wildman–Crippen MR) is 113 cm³/mol. The van der Waals surface area contributed by atoms with Gasteiger partial charge in [-0.05, 0) is 47.0 Å². The third-order valence-corrected chi connectivity index (χ3v) is 4.90. The number of hydroxylamine groups is 1. The summed E-state index contributed by atoms with van der Waals surface area (Å²) in [6, 6.07) is 22.6. The van der Waals surface area contributed by atoms with Gasteiger partial charge in [-0.1, -0.05) is 36.4 Å². The van der Waals surface area contributed by atoms with E-state index in [9.17, 15) is 4.79 Å². The fourth-order valence-corrected chi connectivity index (χ4v) is 3.30. The maximum absolute atomic E-state index is 12.6. The van der Waals surface area contributed by atoms with Crippen molar-refractivity contribution >= 4 is 11.6 Å². The topological polar surface area (TPSA) is 83.4 Å². The van der Waals surface area contributed by atoms with Crippen LogP contribution in [0.3, 0.4) is 0 Å². The van der Waals surface area contributed by atoms with Crippen molar-refractivity contribution in [3.63, 3.8) is 0 Å². The van der Waals surface area contributed by atoms with Gasteiger partial charge in [0, 0.05) is 18.7 Å². The lowest BCUT2D eigenvalue weighted by Gasteiger charge is -2.13. The molecule has 0 atom stereocenters. The molecule has 150 valence electrons. The van der Waals surface area contributed by atoms with E-state index in [0.29, 0.717) is 17.7 Å². The standard InChI is InChI=1S/C24H21N3O3/c25-14-17-5-7-18(8-6-17)16-30-27-24(28)21-3-1-2-4-22(21)26-15-19-9-10-23-20(13-19)11-12-29-23/h1-10,13,26H,11-12,15-16H2,(H,27,28). The molecule has 1 heterocycles.